The molecule has 0 atom stereocenters. The molecule has 1 aliphatic heterocycles. The minimum atomic E-state index is -0.703. The summed E-state index contributed by atoms with van der Waals surface area (Å²) in [5.74, 6) is -0.965. The van der Waals surface area contributed by atoms with E-state index in [2.05, 4.69) is 0 Å². The van der Waals surface area contributed by atoms with Crippen LogP contribution < -0.4 is 15.3 Å². The van der Waals surface area contributed by atoms with E-state index in [4.69, 9.17) is 20.8 Å². The summed E-state index contributed by atoms with van der Waals surface area (Å²) in [7, 11) is 0. The molecule has 1 aromatic heterocycles. The maximum atomic E-state index is 14.4. The highest BCUT2D eigenvalue weighted by molar-refractivity contribution is 6.33. The molecule has 0 N–H and O–H groups in total. The van der Waals surface area contributed by atoms with Crippen molar-refractivity contribution in [1.29, 1.82) is 0 Å². The zero-order valence-corrected chi connectivity index (χ0v) is 17.9. The molecule has 0 fully saturated rings. The lowest BCUT2D eigenvalue weighted by molar-refractivity contribution is 0.287. The van der Waals surface area contributed by atoms with E-state index < -0.39 is 17.3 Å². The molecular formula is C25H18ClF2NO3. The quantitative estimate of drug-likeness (QED) is 0.358. The van der Waals surface area contributed by atoms with E-state index in [9.17, 15) is 13.6 Å². The van der Waals surface area contributed by atoms with Gasteiger partial charge < -0.3 is 14.1 Å². The van der Waals surface area contributed by atoms with E-state index in [-0.39, 0.29) is 19.0 Å². The molecule has 0 bridgehead atoms. The molecule has 0 saturated heterocycles. The molecule has 0 saturated carbocycles. The number of anilines is 1. The Morgan fingerprint density at radius 1 is 1.09 bits per heavy atom. The van der Waals surface area contributed by atoms with Gasteiger partial charge in [-0.2, -0.15) is 0 Å². The number of halogens is 3. The molecule has 4 aromatic rings. The van der Waals surface area contributed by atoms with E-state index in [1.54, 1.807) is 11.0 Å². The Balaban J connectivity index is 1.62. The Morgan fingerprint density at radius 2 is 1.88 bits per heavy atom. The molecule has 7 heteroatoms. The third-order valence-corrected chi connectivity index (χ3v) is 6.05. The van der Waals surface area contributed by atoms with Gasteiger partial charge >= 0.3 is 5.63 Å². The van der Waals surface area contributed by atoms with Crippen molar-refractivity contribution < 1.29 is 17.9 Å². The van der Waals surface area contributed by atoms with E-state index >= 15 is 0 Å². The summed E-state index contributed by atoms with van der Waals surface area (Å²) in [5.41, 5.74) is 2.98. The predicted molar refractivity (Wildman–Crippen MR) is 120 cm³/mol. The Hall–Kier alpha value is -3.38. The molecule has 0 aliphatic carbocycles. The van der Waals surface area contributed by atoms with Crippen LogP contribution >= 0.6 is 11.6 Å². The minimum absolute atomic E-state index is 0.0239. The third-order valence-electron chi connectivity index (χ3n) is 5.77. The lowest BCUT2D eigenvalue weighted by Gasteiger charge is -2.31. The zero-order chi connectivity index (χ0) is 22.4. The van der Waals surface area contributed by atoms with E-state index in [0.717, 1.165) is 17.2 Å². The Kier molecular flexibility index (Phi) is 5.10. The zero-order valence-electron chi connectivity index (χ0n) is 17.1. The molecule has 4 nitrogen and oxygen atoms in total. The van der Waals surface area contributed by atoms with Crippen LogP contribution in [-0.2, 0) is 13.0 Å². The van der Waals surface area contributed by atoms with E-state index in [1.165, 1.54) is 12.1 Å². The van der Waals surface area contributed by atoms with Crippen LogP contribution in [0.15, 0.2) is 63.8 Å². The molecule has 1 aliphatic rings. The van der Waals surface area contributed by atoms with Crippen molar-refractivity contribution in [2.24, 2.45) is 0 Å². The number of rotatable bonds is 3. The van der Waals surface area contributed by atoms with E-state index in [0.29, 0.717) is 39.3 Å². The fraction of sp³-hybridized carbons (Fsp3) is 0.160. The molecule has 2 heterocycles. The Labute approximate surface area is 187 Å². The van der Waals surface area contributed by atoms with Crippen LogP contribution in [0.25, 0.3) is 11.0 Å². The number of hydrogen-bond donors (Lipinski definition) is 0. The Morgan fingerprint density at radius 3 is 2.62 bits per heavy atom. The van der Waals surface area contributed by atoms with E-state index in [1.807, 2.05) is 37.3 Å². The number of aryl methyl sites for hydroxylation is 1. The molecular weight excluding hydrogens is 436 g/mol. The van der Waals surface area contributed by atoms with Gasteiger partial charge in [0, 0.05) is 23.4 Å². The molecule has 0 spiro atoms. The first-order valence-electron chi connectivity index (χ1n) is 10.1. The lowest BCUT2D eigenvalue weighted by atomic mass is 9.97. The third kappa shape index (κ3) is 3.50. The smallest absolute Gasteiger partial charge is 0.340 e. The van der Waals surface area contributed by atoms with Crippen molar-refractivity contribution in [3.8, 4) is 5.75 Å². The highest BCUT2D eigenvalue weighted by Gasteiger charge is 2.27. The Bertz CT molecular complexity index is 1400. The number of ether oxygens (including phenoxy) is 1. The van der Waals surface area contributed by atoms with Crippen molar-refractivity contribution >= 4 is 28.3 Å². The van der Waals surface area contributed by atoms with Gasteiger partial charge in [-0.25, -0.2) is 13.6 Å². The first kappa shape index (κ1) is 20.5. The van der Waals surface area contributed by atoms with Crippen LogP contribution in [-0.4, -0.2) is 6.73 Å². The van der Waals surface area contributed by atoms with Crippen molar-refractivity contribution in [2.75, 3.05) is 11.6 Å². The van der Waals surface area contributed by atoms with Gasteiger partial charge in [-0.3, -0.25) is 0 Å². The van der Waals surface area contributed by atoms with Gasteiger partial charge in [0.05, 0.1) is 22.8 Å². The summed E-state index contributed by atoms with van der Waals surface area (Å²) in [6.07, 6.45) is 0.434. The van der Waals surface area contributed by atoms with Crippen molar-refractivity contribution in [2.45, 2.75) is 19.9 Å². The van der Waals surface area contributed by atoms with Gasteiger partial charge in [0.1, 0.15) is 23.0 Å². The lowest BCUT2D eigenvalue weighted by Crippen LogP contribution is -2.33. The normalized spacial score (nSPS) is 13.2. The van der Waals surface area contributed by atoms with Crippen molar-refractivity contribution in [3.63, 3.8) is 0 Å². The monoisotopic (exact) mass is 453 g/mol. The second-order valence-corrected chi connectivity index (χ2v) is 8.17. The maximum absolute atomic E-state index is 14.4. The molecule has 162 valence electrons. The number of hydrogen-bond acceptors (Lipinski definition) is 4. The first-order chi connectivity index (χ1) is 15.4. The molecule has 5 rings (SSSR count). The van der Waals surface area contributed by atoms with Gasteiger partial charge in [-0.1, -0.05) is 41.9 Å². The number of benzene rings is 3. The van der Waals surface area contributed by atoms with Crippen LogP contribution in [0.3, 0.4) is 0 Å². The highest BCUT2D eigenvalue weighted by atomic mass is 35.5. The van der Waals surface area contributed by atoms with Crippen LogP contribution in [0.2, 0.25) is 5.02 Å². The number of fused-ring (bicyclic) bond motifs is 3. The van der Waals surface area contributed by atoms with Gasteiger partial charge in [-0.05, 0) is 36.2 Å². The van der Waals surface area contributed by atoms with Gasteiger partial charge in [0.15, 0.2) is 6.73 Å². The average Bonchev–Trinajstić information content (AvgIpc) is 2.78. The van der Waals surface area contributed by atoms with Crippen LogP contribution in [0, 0.1) is 18.6 Å². The average molecular weight is 454 g/mol. The van der Waals surface area contributed by atoms with Crippen LogP contribution in [0.1, 0.15) is 22.3 Å². The number of nitrogens with zero attached hydrogens (tertiary/aromatic N) is 1. The highest BCUT2D eigenvalue weighted by Crippen LogP contribution is 2.41. The molecule has 0 unspecified atom stereocenters. The topological polar surface area (TPSA) is 42.7 Å². The van der Waals surface area contributed by atoms with Crippen LogP contribution in [0.5, 0.6) is 5.75 Å². The summed E-state index contributed by atoms with van der Waals surface area (Å²) < 4.78 is 39.2. The summed E-state index contributed by atoms with van der Waals surface area (Å²) in [6, 6.07) is 14.7. The molecule has 3 aromatic carbocycles. The molecule has 0 amide bonds. The first-order valence-corrected chi connectivity index (χ1v) is 10.4. The van der Waals surface area contributed by atoms with Crippen LogP contribution in [0.4, 0.5) is 14.5 Å². The SMILES string of the molecule is Cc1c(Cc2ccccc2)c(=O)oc2c3c(c(Cl)cc12)OCN(c1ccc(F)cc1F)C3. The van der Waals surface area contributed by atoms with Gasteiger partial charge in [-0.15, -0.1) is 0 Å². The maximum Gasteiger partial charge on any atom is 0.340 e. The van der Waals surface area contributed by atoms with Gasteiger partial charge in [0.2, 0.25) is 0 Å². The minimum Gasteiger partial charge on any atom is -0.471 e. The fourth-order valence-electron chi connectivity index (χ4n) is 4.11. The summed E-state index contributed by atoms with van der Waals surface area (Å²) >= 11 is 6.50. The predicted octanol–water partition coefficient (Wildman–Crippen LogP) is 5.98. The van der Waals surface area contributed by atoms with Crippen molar-refractivity contribution in [3.05, 3.63) is 104 Å². The standard InChI is InChI=1S/C25H18ClF2NO3/c1-14-17-11-20(26)24-19(12-29(13-31-24)22-8-7-16(27)10-21(22)28)23(17)32-25(30)18(14)9-15-5-3-2-4-6-15/h2-8,10-11H,9,12-13H2,1H3. The molecule has 32 heavy (non-hydrogen) atoms. The second kappa shape index (κ2) is 7.95. The van der Waals surface area contributed by atoms with Crippen molar-refractivity contribution in [1.82, 2.24) is 0 Å². The van der Waals surface area contributed by atoms with Gasteiger partial charge in [0.25, 0.3) is 0 Å². The summed E-state index contributed by atoms with van der Waals surface area (Å²) in [4.78, 5) is 14.5. The fourth-order valence-corrected chi connectivity index (χ4v) is 4.39. The largest absolute Gasteiger partial charge is 0.471 e. The molecule has 0 radical (unpaired) electrons. The summed E-state index contributed by atoms with van der Waals surface area (Å²) in [6.45, 7) is 2.08. The second-order valence-electron chi connectivity index (χ2n) is 7.77. The summed E-state index contributed by atoms with van der Waals surface area (Å²) in [5, 5.41) is 1.08.